The first-order valence-corrected chi connectivity index (χ1v) is 8.73. The first kappa shape index (κ1) is 16.0. The maximum atomic E-state index is 6.08. The van der Waals surface area contributed by atoms with E-state index in [-0.39, 0.29) is 0 Å². The fourth-order valence-electron chi connectivity index (χ4n) is 3.54. The summed E-state index contributed by atoms with van der Waals surface area (Å²) >= 11 is 1.95. The van der Waals surface area contributed by atoms with E-state index in [9.17, 15) is 0 Å². The molecule has 2 heterocycles. The van der Waals surface area contributed by atoms with Gasteiger partial charge < -0.3 is 10.1 Å². The topological polar surface area (TPSA) is 21.3 Å². The van der Waals surface area contributed by atoms with Gasteiger partial charge >= 0.3 is 0 Å². The number of thiophene rings is 1. The van der Waals surface area contributed by atoms with E-state index < -0.39 is 0 Å². The van der Waals surface area contributed by atoms with Crippen molar-refractivity contribution in [2.75, 3.05) is 6.54 Å². The molecule has 1 aromatic rings. The summed E-state index contributed by atoms with van der Waals surface area (Å²) in [4.78, 5) is 2.92. The van der Waals surface area contributed by atoms with Crippen molar-refractivity contribution >= 4 is 11.3 Å². The molecule has 1 saturated heterocycles. The standard InChI is InChI=1S/C17H29NOS/c1-7-8-18-16(17-10(2)9-11(3)20-17)15-12(4)13(5)19-14(15)6/h9,12-16,18H,7-8H2,1-6H3. The molecule has 2 rings (SSSR count). The molecule has 1 N–H and O–H groups in total. The van der Waals surface area contributed by atoms with Gasteiger partial charge in [-0.3, -0.25) is 0 Å². The summed E-state index contributed by atoms with van der Waals surface area (Å²) < 4.78 is 6.08. The number of aryl methyl sites for hydroxylation is 2. The Hall–Kier alpha value is -0.380. The minimum Gasteiger partial charge on any atom is -0.375 e. The zero-order valence-electron chi connectivity index (χ0n) is 13.7. The van der Waals surface area contributed by atoms with Crippen LogP contribution in [0.5, 0.6) is 0 Å². The molecular formula is C17H29NOS. The third-order valence-electron chi connectivity index (χ3n) is 4.68. The van der Waals surface area contributed by atoms with Gasteiger partial charge in [-0.2, -0.15) is 0 Å². The van der Waals surface area contributed by atoms with Crippen molar-refractivity contribution in [3.63, 3.8) is 0 Å². The highest BCUT2D eigenvalue weighted by Crippen LogP contribution is 2.43. The Balaban J connectivity index is 2.30. The van der Waals surface area contributed by atoms with Gasteiger partial charge in [0.2, 0.25) is 0 Å². The summed E-state index contributed by atoms with van der Waals surface area (Å²) in [6, 6.07) is 2.75. The molecule has 1 aromatic heterocycles. The fraction of sp³-hybridized carbons (Fsp3) is 0.765. The van der Waals surface area contributed by atoms with Crippen molar-refractivity contribution in [2.24, 2.45) is 11.8 Å². The zero-order chi connectivity index (χ0) is 14.9. The van der Waals surface area contributed by atoms with Gasteiger partial charge in [0, 0.05) is 21.7 Å². The van der Waals surface area contributed by atoms with Gasteiger partial charge in [0.15, 0.2) is 0 Å². The zero-order valence-corrected chi connectivity index (χ0v) is 14.5. The predicted octanol–water partition coefficient (Wildman–Crippen LogP) is 4.47. The molecule has 0 saturated carbocycles. The summed E-state index contributed by atoms with van der Waals surface area (Å²) in [5, 5.41) is 3.79. The van der Waals surface area contributed by atoms with E-state index in [1.807, 2.05) is 11.3 Å². The summed E-state index contributed by atoms with van der Waals surface area (Å²) in [6.45, 7) is 14.6. The Morgan fingerprint density at radius 3 is 2.40 bits per heavy atom. The van der Waals surface area contributed by atoms with Crippen LogP contribution in [0, 0.1) is 25.7 Å². The monoisotopic (exact) mass is 295 g/mol. The third kappa shape index (κ3) is 3.10. The predicted molar refractivity (Wildman–Crippen MR) is 87.5 cm³/mol. The Morgan fingerprint density at radius 2 is 1.95 bits per heavy atom. The molecule has 3 heteroatoms. The Bertz CT molecular complexity index is 442. The summed E-state index contributed by atoms with van der Waals surface area (Å²) in [5.41, 5.74) is 1.43. The SMILES string of the molecule is CCCNC(c1sc(C)cc1C)C1C(C)OC(C)C1C. The lowest BCUT2D eigenvalue weighted by Crippen LogP contribution is -2.35. The normalized spacial score (nSPS) is 31.7. The van der Waals surface area contributed by atoms with Crippen LogP contribution in [-0.4, -0.2) is 18.8 Å². The molecule has 0 spiro atoms. The highest BCUT2D eigenvalue weighted by Gasteiger charge is 2.42. The molecule has 20 heavy (non-hydrogen) atoms. The second kappa shape index (κ2) is 6.59. The molecule has 2 nitrogen and oxygen atoms in total. The lowest BCUT2D eigenvalue weighted by molar-refractivity contribution is 0.0476. The molecule has 1 aliphatic heterocycles. The van der Waals surface area contributed by atoms with E-state index in [1.165, 1.54) is 21.7 Å². The van der Waals surface area contributed by atoms with Gasteiger partial charge in [-0.1, -0.05) is 13.8 Å². The molecule has 0 radical (unpaired) electrons. The minimum absolute atomic E-state index is 0.330. The summed E-state index contributed by atoms with van der Waals surface area (Å²) in [5.74, 6) is 1.16. The van der Waals surface area contributed by atoms with Crippen molar-refractivity contribution in [3.05, 3.63) is 21.4 Å². The van der Waals surface area contributed by atoms with Crippen LogP contribution in [-0.2, 0) is 4.74 Å². The molecule has 5 atom stereocenters. The van der Waals surface area contributed by atoms with Crippen LogP contribution in [0.3, 0.4) is 0 Å². The van der Waals surface area contributed by atoms with Gasteiger partial charge in [-0.05, 0) is 58.2 Å². The maximum absolute atomic E-state index is 6.08. The Kier molecular flexibility index (Phi) is 5.27. The number of nitrogens with one attached hydrogen (secondary N) is 1. The van der Waals surface area contributed by atoms with E-state index >= 15 is 0 Å². The van der Waals surface area contributed by atoms with E-state index in [1.54, 1.807) is 0 Å². The third-order valence-corrected chi connectivity index (χ3v) is 5.92. The Labute approximate surface area is 127 Å². The van der Waals surface area contributed by atoms with Gasteiger partial charge in [0.1, 0.15) is 0 Å². The first-order valence-electron chi connectivity index (χ1n) is 7.91. The van der Waals surface area contributed by atoms with Gasteiger partial charge in [-0.25, -0.2) is 0 Å². The second-order valence-corrected chi connectivity index (χ2v) is 7.61. The average molecular weight is 295 g/mol. The van der Waals surface area contributed by atoms with E-state index in [0.29, 0.717) is 30.1 Å². The first-order chi connectivity index (χ1) is 9.45. The molecule has 114 valence electrons. The van der Waals surface area contributed by atoms with Crippen molar-refractivity contribution in [1.82, 2.24) is 5.32 Å². The molecule has 0 aromatic carbocycles. The maximum Gasteiger partial charge on any atom is 0.0600 e. The van der Waals surface area contributed by atoms with E-state index in [2.05, 4.69) is 52.9 Å². The van der Waals surface area contributed by atoms with Crippen molar-refractivity contribution < 1.29 is 4.74 Å². The summed E-state index contributed by atoms with van der Waals surface area (Å²) in [6.07, 6.45) is 1.87. The van der Waals surface area contributed by atoms with Crippen molar-refractivity contribution in [2.45, 2.75) is 66.2 Å². The molecule has 1 aliphatic rings. The number of rotatable bonds is 5. The van der Waals surface area contributed by atoms with Crippen LogP contribution in [0.2, 0.25) is 0 Å². The lowest BCUT2D eigenvalue weighted by Gasteiger charge is -2.30. The minimum atomic E-state index is 0.330. The van der Waals surface area contributed by atoms with Gasteiger partial charge in [-0.15, -0.1) is 11.3 Å². The van der Waals surface area contributed by atoms with Crippen LogP contribution < -0.4 is 5.32 Å². The van der Waals surface area contributed by atoms with E-state index in [4.69, 9.17) is 4.74 Å². The lowest BCUT2D eigenvalue weighted by atomic mass is 9.82. The molecule has 0 aliphatic carbocycles. The quantitative estimate of drug-likeness (QED) is 0.865. The van der Waals surface area contributed by atoms with Gasteiger partial charge in [0.05, 0.1) is 12.2 Å². The molecule has 0 amide bonds. The van der Waals surface area contributed by atoms with Crippen LogP contribution in [0.4, 0.5) is 0 Å². The molecule has 1 fully saturated rings. The Morgan fingerprint density at radius 1 is 1.25 bits per heavy atom. The van der Waals surface area contributed by atoms with Crippen molar-refractivity contribution in [3.8, 4) is 0 Å². The number of hydrogen-bond acceptors (Lipinski definition) is 3. The largest absolute Gasteiger partial charge is 0.375 e. The van der Waals surface area contributed by atoms with Crippen LogP contribution in [0.15, 0.2) is 6.07 Å². The number of hydrogen-bond donors (Lipinski definition) is 1. The second-order valence-electron chi connectivity index (χ2n) is 6.32. The highest BCUT2D eigenvalue weighted by molar-refractivity contribution is 7.12. The van der Waals surface area contributed by atoms with E-state index in [0.717, 1.165) is 6.54 Å². The average Bonchev–Trinajstić information content (AvgIpc) is 2.83. The molecule has 5 unspecified atom stereocenters. The molecule has 0 bridgehead atoms. The fourth-order valence-corrected chi connectivity index (χ4v) is 4.71. The molecular weight excluding hydrogens is 266 g/mol. The summed E-state index contributed by atoms with van der Waals surface area (Å²) in [7, 11) is 0. The smallest absolute Gasteiger partial charge is 0.0600 e. The van der Waals surface area contributed by atoms with Gasteiger partial charge in [0.25, 0.3) is 0 Å². The van der Waals surface area contributed by atoms with Crippen molar-refractivity contribution in [1.29, 1.82) is 0 Å². The van der Waals surface area contributed by atoms with Crippen LogP contribution >= 0.6 is 11.3 Å². The van der Waals surface area contributed by atoms with Crippen LogP contribution in [0.25, 0.3) is 0 Å². The van der Waals surface area contributed by atoms with Crippen LogP contribution in [0.1, 0.15) is 55.5 Å². The highest BCUT2D eigenvalue weighted by atomic mass is 32.1. The number of ether oxygens (including phenoxy) is 1.